The second-order valence-electron chi connectivity index (χ2n) is 3.02. The summed E-state index contributed by atoms with van der Waals surface area (Å²) in [5.74, 6) is 0.544. The van der Waals surface area contributed by atoms with Gasteiger partial charge in [0, 0.05) is 12.7 Å². The van der Waals surface area contributed by atoms with Crippen LogP contribution in [0.1, 0.15) is 11.5 Å². The molecule has 0 aliphatic carbocycles. The average molecular weight is 230 g/mol. The lowest BCUT2D eigenvalue weighted by Crippen LogP contribution is -2.29. The Morgan fingerprint density at radius 1 is 1.53 bits per heavy atom. The van der Waals surface area contributed by atoms with E-state index in [4.69, 9.17) is 5.73 Å². The highest BCUT2D eigenvalue weighted by atomic mass is 32.2. The van der Waals surface area contributed by atoms with Crippen LogP contribution in [0.3, 0.4) is 0 Å². The third kappa shape index (κ3) is 4.32. The zero-order valence-corrected chi connectivity index (χ0v) is 9.29. The molecule has 7 heteroatoms. The Kier molecular flexibility index (Phi) is 4.13. The van der Waals surface area contributed by atoms with Gasteiger partial charge in [0.15, 0.2) is 0 Å². The molecule has 1 aromatic heterocycles. The standard InChI is InChI=1S/C8H14N4O2S/c1-7-10-4-2-8(12-7)6-11-15(13,14)5-3-9/h2,4,11H,3,5-6,9H2,1H3. The average Bonchev–Trinajstić information content (AvgIpc) is 2.15. The van der Waals surface area contributed by atoms with E-state index >= 15 is 0 Å². The number of nitrogens with one attached hydrogen (secondary N) is 1. The Balaban J connectivity index is 2.58. The number of rotatable bonds is 5. The Hall–Kier alpha value is -1.05. The molecule has 0 radical (unpaired) electrons. The summed E-state index contributed by atoms with van der Waals surface area (Å²) in [6.45, 7) is 2.03. The van der Waals surface area contributed by atoms with Gasteiger partial charge < -0.3 is 5.73 Å². The number of nitrogens with zero attached hydrogens (tertiary/aromatic N) is 2. The highest BCUT2D eigenvalue weighted by Gasteiger charge is 2.08. The van der Waals surface area contributed by atoms with Crippen molar-refractivity contribution in [1.82, 2.24) is 14.7 Å². The van der Waals surface area contributed by atoms with Crippen molar-refractivity contribution in [1.29, 1.82) is 0 Å². The van der Waals surface area contributed by atoms with Crippen LogP contribution < -0.4 is 10.5 Å². The fourth-order valence-electron chi connectivity index (χ4n) is 1.01. The molecule has 1 heterocycles. The minimum absolute atomic E-state index is 0.0724. The number of aromatic nitrogens is 2. The van der Waals surface area contributed by atoms with Gasteiger partial charge in [-0.15, -0.1) is 0 Å². The Labute approximate surface area is 89.0 Å². The maximum absolute atomic E-state index is 11.3. The van der Waals surface area contributed by atoms with Crippen LogP contribution in [-0.2, 0) is 16.6 Å². The second kappa shape index (κ2) is 5.15. The van der Waals surface area contributed by atoms with Crippen molar-refractivity contribution in [2.75, 3.05) is 12.3 Å². The summed E-state index contributed by atoms with van der Waals surface area (Å²) in [6.07, 6.45) is 1.59. The van der Waals surface area contributed by atoms with Crippen molar-refractivity contribution in [2.24, 2.45) is 5.73 Å². The zero-order chi connectivity index (χ0) is 11.3. The van der Waals surface area contributed by atoms with E-state index < -0.39 is 10.0 Å². The lowest BCUT2D eigenvalue weighted by Gasteiger charge is -2.04. The Morgan fingerprint density at radius 2 is 2.27 bits per heavy atom. The summed E-state index contributed by atoms with van der Waals surface area (Å²) in [5, 5.41) is 0. The van der Waals surface area contributed by atoms with Crippen molar-refractivity contribution >= 4 is 10.0 Å². The van der Waals surface area contributed by atoms with Gasteiger partial charge in [0.05, 0.1) is 18.0 Å². The molecule has 0 fully saturated rings. The van der Waals surface area contributed by atoms with Crippen molar-refractivity contribution in [3.8, 4) is 0 Å². The van der Waals surface area contributed by atoms with Crippen LogP contribution in [0, 0.1) is 6.92 Å². The predicted octanol–water partition coefficient (Wildman–Crippen LogP) is -0.837. The normalized spacial score (nSPS) is 11.6. The number of hydrogen-bond donors (Lipinski definition) is 2. The van der Waals surface area contributed by atoms with Gasteiger partial charge in [0.2, 0.25) is 10.0 Å². The van der Waals surface area contributed by atoms with E-state index in [0.29, 0.717) is 11.5 Å². The number of sulfonamides is 1. The largest absolute Gasteiger partial charge is 0.329 e. The molecule has 0 spiro atoms. The van der Waals surface area contributed by atoms with Gasteiger partial charge >= 0.3 is 0 Å². The first-order valence-corrected chi connectivity index (χ1v) is 6.14. The lowest BCUT2D eigenvalue weighted by molar-refractivity contribution is 0.580. The van der Waals surface area contributed by atoms with E-state index in [1.165, 1.54) is 0 Å². The fourth-order valence-corrected chi connectivity index (χ4v) is 1.84. The molecular weight excluding hydrogens is 216 g/mol. The summed E-state index contributed by atoms with van der Waals surface area (Å²) in [5.41, 5.74) is 5.80. The third-order valence-corrected chi connectivity index (χ3v) is 3.05. The van der Waals surface area contributed by atoms with Crippen molar-refractivity contribution in [2.45, 2.75) is 13.5 Å². The Bertz CT molecular complexity index is 418. The predicted molar refractivity (Wildman–Crippen MR) is 56.4 cm³/mol. The summed E-state index contributed by atoms with van der Waals surface area (Å²) in [6, 6.07) is 1.66. The molecule has 84 valence electrons. The maximum Gasteiger partial charge on any atom is 0.213 e. The van der Waals surface area contributed by atoms with Gasteiger partial charge in [-0.25, -0.2) is 23.1 Å². The molecule has 0 atom stereocenters. The molecule has 0 saturated heterocycles. The van der Waals surface area contributed by atoms with Crippen LogP contribution in [0.15, 0.2) is 12.3 Å². The maximum atomic E-state index is 11.3. The molecular formula is C8H14N4O2S. The summed E-state index contributed by atoms with van der Waals surface area (Å²) in [4.78, 5) is 7.98. The first kappa shape index (κ1) is 12.0. The van der Waals surface area contributed by atoms with Crippen LogP contribution in [0.2, 0.25) is 0 Å². The molecule has 1 rings (SSSR count). The van der Waals surface area contributed by atoms with Crippen LogP contribution >= 0.6 is 0 Å². The molecule has 0 aliphatic rings. The molecule has 0 aromatic carbocycles. The van der Waals surface area contributed by atoms with E-state index in [0.717, 1.165) is 0 Å². The summed E-state index contributed by atoms with van der Waals surface area (Å²) in [7, 11) is -3.28. The van der Waals surface area contributed by atoms with Gasteiger partial charge in [-0.05, 0) is 13.0 Å². The van der Waals surface area contributed by atoms with Crippen molar-refractivity contribution in [3.63, 3.8) is 0 Å². The SMILES string of the molecule is Cc1nccc(CNS(=O)(=O)CCN)n1. The molecule has 0 bridgehead atoms. The van der Waals surface area contributed by atoms with E-state index in [2.05, 4.69) is 14.7 Å². The van der Waals surface area contributed by atoms with Gasteiger partial charge in [-0.1, -0.05) is 0 Å². The molecule has 0 amide bonds. The molecule has 1 aromatic rings. The smallest absolute Gasteiger partial charge is 0.213 e. The van der Waals surface area contributed by atoms with E-state index in [-0.39, 0.29) is 18.8 Å². The number of aryl methyl sites for hydroxylation is 1. The lowest BCUT2D eigenvalue weighted by atomic mass is 10.4. The van der Waals surface area contributed by atoms with E-state index in [1.54, 1.807) is 19.2 Å². The van der Waals surface area contributed by atoms with Gasteiger partial charge in [-0.2, -0.15) is 0 Å². The molecule has 15 heavy (non-hydrogen) atoms. The zero-order valence-electron chi connectivity index (χ0n) is 8.47. The molecule has 3 N–H and O–H groups in total. The second-order valence-corrected chi connectivity index (χ2v) is 4.95. The highest BCUT2D eigenvalue weighted by Crippen LogP contribution is 1.95. The molecule has 0 unspecified atom stereocenters. The van der Waals surface area contributed by atoms with Gasteiger partial charge in [-0.3, -0.25) is 0 Å². The minimum atomic E-state index is -3.28. The van der Waals surface area contributed by atoms with E-state index in [1.807, 2.05) is 0 Å². The fraction of sp³-hybridized carbons (Fsp3) is 0.500. The highest BCUT2D eigenvalue weighted by molar-refractivity contribution is 7.89. The molecule has 6 nitrogen and oxygen atoms in total. The van der Waals surface area contributed by atoms with Gasteiger partial charge in [0.1, 0.15) is 5.82 Å². The quantitative estimate of drug-likeness (QED) is 0.687. The topological polar surface area (TPSA) is 98.0 Å². The molecule has 0 saturated carbocycles. The van der Waals surface area contributed by atoms with Crippen molar-refractivity contribution < 1.29 is 8.42 Å². The monoisotopic (exact) mass is 230 g/mol. The van der Waals surface area contributed by atoms with Crippen LogP contribution in [-0.4, -0.2) is 30.7 Å². The van der Waals surface area contributed by atoms with Crippen LogP contribution in [0.25, 0.3) is 0 Å². The van der Waals surface area contributed by atoms with Crippen LogP contribution in [0.5, 0.6) is 0 Å². The first-order chi connectivity index (χ1) is 7.03. The third-order valence-electron chi connectivity index (χ3n) is 1.69. The number of hydrogen-bond acceptors (Lipinski definition) is 5. The molecule has 0 aliphatic heterocycles. The first-order valence-electron chi connectivity index (χ1n) is 4.49. The van der Waals surface area contributed by atoms with Crippen LogP contribution in [0.4, 0.5) is 0 Å². The van der Waals surface area contributed by atoms with E-state index in [9.17, 15) is 8.42 Å². The van der Waals surface area contributed by atoms with Gasteiger partial charge in [0.25, 0.3) is 0 Å². The summed E-state index contributed by atoms with van der Waals surface area (Å²) >= 11 is 0. The van der Waals surface area contributed by atoms with Crippen molar-refractivity contribution in [3.05, 3.63) is 23.8 Å². The Morgan fingerprint density at radius 3 is 2.87 bits per heavy atom. The number of nitrogens with two attached hydrogens (primary N) is 1. The minimum Gasteiger partial charge on any atom is -0.329 e. The summed E-state index contributed by atoms with van der Waals surface area (Å²) < 4.78 is 24.9.